The van der Waals surface area contributed by atoms with Crippen LogP contribution in [0.25, 0.3) is 0 Å². The number of carbonyl (C=O) groups is 1. The molecule has 112 valence electrons. The number of amides is 1. The molecule has 1 aliphatic heterocycles. The van der Waals surface area contributed by atoms with Gasteiger partial charge in [0, 0.05) is 37.5 Å². The highest BCUT2D eigenvalue weighted by molar-refractivity contribution is 5.94. The fraction of sp³-hybridized carbons (Fsp3) is 0.529. The minimum absolute atomic E-state index is 0.0443. The van der Waals surface area contributed by atoms with Crippen molar-refractivity contribution < 1.29 is 9.90 Å². The van der Waals surface area contributed by atoms with Crippen molar-refractivity contribution in [2.24, 2.45) is 5.92 Å². The Morgan fingerprint density at radius 1 is 1.43 bits per heavy atom. The number of aliphatic hydroxyl groups excluding tert-OH is 1. The second-order valence-electron chi connectivity index (χ2n) is 5.38. The molecule has 1 N–H and O–H groups in total. The summed E-state index contributed by atoms with van der Waals surface area (Å²) in [5.74, 6) is 6.56. The van der Waals surface area contributed by atoms with Gasteiger partial charge in [-0.3, -0.25) is 9.78 Å². The van der Waals surface area contributed by atoms with E-state index in [0.717, 1.165) is 37.4 Å². The van der Waals surface area contributed by atoms with Crippen LogP contribution in [-0.2, 0) is 0 Å². The van der Waals surface area contributed by atoms with Crippen molar-refractivity contribution in [1.29, 1.82) is 0 Å². The van der Waals surface area contributed by atoms with Gasteiger partial charge in [0.25, 0.3) is 5.91 Å². The zero-order chi connectivity index (χ0) is 15.1. The second kappa shape index (κ2) is 7.80. The molecule has 21 heavy (non-hydrogen) atoms. The molecule has 0 radical (unpaired) electrons. The average Bonchev–Trinajstić information content (AvgIpc) is 2.55. The van der Waals surface area contributed by atoms with Gasteiger partial charge in [-0.05, 0) is 24.8 Å². The number of hydrogen-bond donors (Lipinski definition) is 1. The molecule has 0 aliphatic carbocycles. The number of piperidine rings is 1. The van der Waals surface area contributed by atoms with E-state index in [-0.39, 0.29) is 12.5 Å². The summed E-state index contributed by atoms with van der Waals surface area (Å²) in [4.78, 5) is 18.5. The molecule has 1 aliphatic rings. The second-order valence-corrected chi connectivity index (χ2v) is 5.38. The van der Waals surface area contributed by atoms with Gasteiger partial charge in [0.15, 0.2) is 0 Å². The van der Waals surface area contributed by atoms with Crippen molar-refractivity contribution in [2.45, 2.75) is 32.6 Å². The third-order valence-electron chi connectivity index (χ3n) is 3.93. The van der Waals surface area contributed by atoms with E-state index in [1.165, 1.54) is 6.42 Å². The summed E-state index contributed by atoms with van der Waals surface area (Å²) in [6, 6.07) is 1.78. The Bertz CT molecular complexity index is 537. The molecular formula is C17H22N2O2. The quantitative estimate of drug-likeness (QED) is 0.866. The number of aliphatic hydroxyl groups is 1. The summed E-state index contributed by atoms with van der Waals surface area (Å²) < 4.78 is 0. The fourth-order valence-electron chi connectivity index (χ4n) is 2.57. The minimum atomic E-state index is 0.0443. The molecule has 0 bridgehead atoms. The Morgan fingerprint density at radius 3 is 2.86 bits per heavy atom. The van der Waals surface area contributed by atoms with Crippen molar-refractivity contribution >= 4 is 5.91 Å². The van der Waals surface area contributed by atoms with Crippen LogP contribution in [0.2, 0.25) is 0 Å². The lowest BCUT2D eigenvalue weighted by Gasteiger charge is -2.31. The maximum atomic E-state index is 12.5. The van der Waals surface area contributed by atoms with Crippen LogP contribution in [-0.4, -0.2) is 40.6 Å². The van der Waals surface area contributed by atoms with Crippen LogP contribution in [0.5, 0.6) is 0 Å². The molecule has 0 spiro atoms. The standard InChI is InChI=1S/C17H22N2O2/c1-2-14-6-8-19(9-7-14)17(21)16-11-15(12-18-13-16)5-3-4-10-20/h11-14,20H,2,4,6-10H2,1H3. The van der Waals surface area contributed by atoms with Crippen molar-refractivity contribution in [2.75, 3.05) is 19.7 Å². The normalized spacial score (nSPS) is 15.4. The molecular weight excluding hydrogens is 264 g/mol. The van der Waals surface area contributed by atoms with Crippen molar-refractivity contribution in [3.05, 3.63) is 29.6 Å². The Hall–Kier alpha value is -1.86. The van der Waals surface area contributed by atoms with Gasteiger partial charge in [-0.15, -0.1) is 0 Å². The van der Waals surface area contributed by atoms with E-state index in [9.17, 15) is 4.79 Å². The first-order valence-corrected chi connectivity index (χ1v) is 7.58. The first-order valence-electron chi connectivity index (χ1n) is 7.58. The average molecular weight is 286 g/mol. The van der Waals surface area contributed by atoms with Crippen LogP contribution in [0.3, 0.4) is 0 Å². The van der Waals surface area contributed by atoms with Gasteiger partial charge in [0.2, 0.25) is 0 Å². The Morgan fingerprint density at radius 2 is 2.19 bits per heavy atom. The van der Waals surface area contributed by atoms with Crippen molar-refractivity contribution in [1.82, 2.24) is 9.88 Å². The molecule has 0 unspecified atom stereocenters. The smallest absolute Gasteiger partial charge is 0.255 e. The molecule has 2 heterocycles. The summed E-state index contributed by atoms with van der Waals surface area (Å²) in [5.41, 5.74) is 1.32. The maximum absolute atomic E-state index is 12.5. The molecule has 0 saturated carbocycles. The summed E-state index contributed by atoms with van der Waals surface area (Å²) in [6.07, 6.45) is 7.05. The van der Waals surface area contributed by atoms with Crippen molar-refractivity contribution in [3.8, 4) is 11.8 Å². The van der Waals surface area contributed by atoms with E-state index >= 15 is 0 Å². The molecule has 1 fully saturated rings. The lowest BCUT2D eigenvalue weighted by molar-refractivity contribution is 0.0688. The van der Waals surface area contributed by atoms with Gasteiger partial charge in [-0.25, -0.2) is 0 Å². The summed E-state index contributed by atoms with van der Waals surface area (Å²) in [7, 11) is 0. The highest BCUT2D eigenvalue weighted by atomic mass is 16.2. The number of carbonyl (C=O) groups excluding carboxylic acids is 1. The molecule has 0 atom stereocenters. The van der Waals surface area contributed by atoms with Crippen LogP contribution in [0.15, 0.2) is 18.5 Å². The molecule has 4 heteroatoms. The number of pyridine rings is 1. The SMILES string of the molecule is CCC1CCN(C(=O)c2cncc(C#CCCO)c2)CC1. The third-order valence-corrected chi connectivity index (χ3v) is 3.93. The zero-order valence-electron chi connectivity index (χ0n) is 12.5. The molecule has 4 nitrogen and oxygen atoms in total. The molecule has 1 amide bonds. The number of nitrogens with zero attached hydrogens (tertiary/aromatic N) is 2. The van der Waals surface area contributed by atoms with Crippen LogP contribution in [0.4, 0.5) is 0 Å². The maximum Gasteiger partial charge on any atom is 0.255 e. The van der Waals surface area contributed by atoms with Crippen LogP contribution in [0, 0.1) is 17.8 Å². The molecule has 2 rings (SSSR count). The number of aromatic nitrogens is 1. The van der Waals surface area contributed by atoms with Crippen LogP contribution in [0.1, 0.15) is 48.5 Å². The molecule has 1 saturated heterocycles. The van der Waals surface area contributed by atoms with E-state index < -0.39 is 0 Å². The summed E-state index contributed by atoms with van der Waals surface area (Å²) in [6.45, 7) is 3.92. The zero-order valence-corrected chi connectivity index (χ0v) is 12.5. The summed E-state index contributed by atoms with van der Waals surface area (Å²) in [5, 5.41) is 8.72. The van der Waals surface area contributed by atoms with E-state index in [4.69, 9.17) is 5.11 Å². The highest BCUT2D eigenvalue weighted by Gasteiger charge is 2.22. The lowest BCUT2D eigenvalue weighted by Crippen LogP contribution is -2.38. The van der Waals surface area contributed by atoms with E-state index in [0.29, 0.717) is 12.0 Å². The predicted molar refractivity (Wildman–Crippen MR) is 81.7 cm³/mol. The number of hydrogen-bond acceptors (Lipinski definition) is 3. The van der Waals surface area contributed by atoms with Gasteiger partial charge in [0.05, 0.1) is 12.2 Å². The molecule has 1 aromatic rings. The Kier molecular flexibility index (Phi) is 5.77. The van der Waals surface area contributed by atoms with Gasteiger partial charge < -0.3 is 10.0 Å². The van der Waals surface area contributed by atoms with E-state index in [2.05, 4.69) is 23.7 Å². The summed E-state index contributed by atoms with van der Waals surface area (Å²) >= 11 is 0. The van der Waals surface area contributed by atoms with Gasteiger partial charge in [-0.1, -0.05) is 25.2 Å². The first kappa shape index (κ1) is 15.5. The van der Waals surface area contributed by atoms with E-state index in [1.54, 1.807) is 18.5 Å². The van der Waals surface area contributed by atoms with Crippen molar-refractivity contribution in [3.63, 3.8) is 0 Å². The molecule has 0 aromatic carbocycles. The van der Waals surface area contributed by atoms with E-state index in [1.807, 2.05) is 4.90 Å². The van der Waals surface area contributed by atoms with Crippen LogP contribution < -0.4 is 0 Å². The third kappa shape index (κ3) is 4.30. The Balaban J connectivity index is 2.03. The fourth-order valence-corrected chi connectivity index (χ4v) is 2.57. The molecule has 1 aromatic heterocycles. The lowest BCUT2D eigenvalue weighted by atomic mass is 9.94. The topological polar surface area (TPSA) is 53.4 Å². The van der Waals surface area contributed by atoms with Gasteiger partial charge in [0.1, 0.15) is 0 Å². The van der Waals surface area contributed by atoms with Gasteiger partial charge >= 0.3 is 0 Å². The van der Waals surface area contributed by atoms with Crippen LogP contribution >= 0.6 is 0 Å². The first-order chi connectivity index (χ1) is 10.2. The number of likely N-dealkylation sites (tertiary alicyclic amines) is 1. The predicted octanol–water partition coefficient (Wildman–Crippen LogP) is 2.08. The number of rotatable bonds is 3. The highest BCUT2D eigenvalue weighted by Crippen LogP contribution is 2.21. The Labute approximate surface area is 126 Å². The van der Waals surface area contributed by atoms with Gasteiger partial charge in [-0.2, -0.15) is 0 Å². The largest absolute Gasteiger partial charge is 0.395 e. The monoisotopic (exact) mass is 286 g/mol. The minimum Gasteiger partial charge on any atom is -0.395 e.